The van der Waals surface area contributed by atoms with E-state index in [9.17, 15) is 0 Å². The lowest BCUT2D eigenvalue weighted by Crippen LogP contribution is -2.36. The third kappa shape index (κ3) is 2.45. The summed E-state index contributed by atoms with van der Waals surface area (Å²) in [6.45, 7) is 2.21. The monoisotopic (exact) mass is 437 g/mol. The van der Waals surface area contributed by atoms with Gasteiger partial charge in [0.2, 0.25) is 0 Å². The van der Waals surface area contributed by atoms with Gasteiger partial charge in [0.15, 0.2) is 0 Å². The minimum Gasteiger partial charge on any atom is -0.456 e. The molecule has 0 bridgehead atoms. The average molecular weight is 438 g/mol. The number of aryl methyl sites for hydroxylation is 1. The van der Waals surface area contributed by atoms with Crippen LogP contribution in [0.2, 0.25) is 0 Å². The molecule has 6 aromatic rings. The van der Waals surface area contributed by atoms with E-state index in [4.69, 9.17) is 4.42 Å². The molecule has 0 saturated heterocycles. The predicted molar refractivity (Wildman–Crippen MR) is 140 cm³/mol. The molecule has 0 unspecified atom stereocenters. The Labute approximate surface area is 198 Å². The minimum atomic E-state index is -0.531. The Morgan fingerprint density at radius 2 is 1.09 bits per heavy atom. The quantitative estimate of drug-likeness (QED) is 0.294. The first-order chi connectivity index (χ1) is 16.8. The molecule has 7 rings (SSSR count). The fourth-order valence-electron chi connectivity index (χ4n) is 5.89. The van der Waals surface area contributed by atoms with Crippen LogP contribution in [0.15, 0.2) is 120 Å². The van der Waals surface area contributed by atoms with Crippen LogP contribution in [-0.2, 0) is 5.41 Å². The van der Waals surface area contributed by atoms with Gasteiger partial charge in [0.1, 0.15) is 11.2 Å². The summed E-state index contributed by atoms with van der Waals surface area (Å²) in [6.07, 6.45) is 0. The van der Waals surface area contributed by atoms with Crippen molar-refractivity contribution in [2.45, 2.75) is 12.3 Å². The van der Waals surface area contributed by atoms with Gasteiger partial charge in [0.05, 0.1) is 5.41 Å². The highest BCUT2D eigenvalue weighted by atomic mass is 16.3. The molecule has 1 N–H and O–H groups in total. The molecule has 2 nitrogen and oxygen atoms in total. The van der Waals surface area contributed by atoms with Crippen molar-refractivity contribution in [3.63, 3.8) is 0 Å². The summed E-state index contributed by atoms with van der Waals surface area (Å²) in [5.74, 6) is 0. The molecule has 0 atom stereocenters. The highest BCUT2D eigenvalue weighted by molar-refractivity contribution is 6.07. The maximum Gasteiger partial charge on any atom is 0.140 e. The van der Waals surface area contributed by atoms with E-state index in [1.807, 2.05) is 6.07 Å². The number of rotatable bonds is 2. The fourth-order valence-corrected chi connectivity index (χ4v) is 5.89. The Morgan fingerprint density at radius 1 is 0.529 bits per heavy atom. The van der Waals surface area contributed by atoms with E-state index >= 15 is 0 Å². The molecule has 1 aromatic heterocycles. The lowest BCUT2D eigenvalue weighted by atomic mass is 9.61. The van der Waals surface area contributed by atoms with E-state index in [0.717, 1.165) is 38.9 Å². The molecule has 0 fully saturated rings. The number of fused-ring (bicyclic) bond motifs is 5. The van der Waals surface area contributed by atoms with Crippen molar-refractivity contribution in [1.82, 2.24) is 0 Å². The van der Waals surface area contributed by atoms with Crippen LogP contribution in [0.3, 0.4) is 0 Å². The maximum absolute atomic E-state index is 6.63. The summed E-state index contributed by atoms with van der Waals surface area (Å²) >= 11 is 0. The second kappa shape index (κ2) is 7.10. The van der Waals surface area contributed by atoms with E-state index in [1.165, 1.54) is 22.3 Å². The number of hydrogen-bond acceptors (Lipinski definition) is 2. The molecule has 1 aliphatic rings. The summed E-state index contributed by atoms with van der Waals surface area (Å²) in [5.41, 5.74) is 9.72. The van der Waals surface area contributed by atoms with Crippen molar-refractivity contribution in [2.75, 3.05) is 5.32 Å². The van der Waals surface area contributed by atoms with Gasteiger partial charge in [-0.2, -0.15) is 0 Å². The molecule has 2 heterocycles. The van der Waals surface area contributed by atoms with Crippen LogP contribution < -0.4 is 5.32 Å². The van der Waals surface area contributed by atoms with E-state index in [0.29, 0.717) is 0 Å². The molecule has 2 heteroatoms. The summed E-state index contributed by atoms with van der Waals surface area (Å²) in [4.78, 5) is 0. The number of benzene rings is 5. The number of hydrogen-bond donors (Lipinski definition) is 1. The van der Waals surface area contributed by atoms with Crippen molar-refractivity contribution in [3.8, 4) is 0 Å². The third-order valence-corrected chi connectivity index (χ3v) is 7.29. The standard InChI is InChI=1S/C32H23NO/c1-21-11-2-4-14-24(21)32(25-15-5-7-18-28(25)33-29-19-8-6-16-26(29)32)27-17-10-13-23-22-12-3-9-20-30(22)34-31(23)27/h2-20,33H,1H3. The molecule has 1 aliphatic heterocycles. The van der Waals surface area contributed by atoms with Crippen molar-refractivity contribution >= 4 is 33.3 Å². The predicted octanol–water partition coefficient (Wildman–Crippen LogP) is 8.33. The van der Waals surface area contributed by atoms with Gasteiger partial charge in [0, 0.05) is 27.7 Å². The van der Waals surface area contributed by atoms with E-state index in [2.05, 4.69) is 121 Å². The Bertz CT molecular complexity index is 1640. The van der Waals surface area contributed by atoms with Gasteiger partial charge < -0.3 is 9.73 Å². The summed E-state index contributed by atoms with van der Waals surface area (Å²) in [7, 11) is 0. The van der Waals surface area contributed by atoms with Gasteiger partial charge in [-0.1, -0.05) is 97.1 Å². The third-order valence-electron chi connectivity index (χ3n) is 7.29. The number of furan rings is 1. The molecule has 34 heavy (non-hydrogen) atoms. The SMILES string of the molecule is Cc1ccccc1C1(c2cccc3c2oc2ccccc23)c2ccccc2Nc2ccccc21. The highest BCUT2D eigenvalue weighted by Gasteiger charge is 2.46. The zero-order valence-corrected chi connectivity index (χ0v) is 18.9. The Balaban J connectivity index is 1.73. The largest absolute Gasteiger partial charge is 0.456 e. The van der Waals surface area contributed by atoms with Crippen LogP contribution in [0.4, 0.5) is 11.4 Å². The average Bonchev–Trinajstić information content (AvgIpc) is 3.27. The minimum absolute atomic E-state index is 0.531. The van der Waals surface area contributed by atoms with Crippen molar-refractivity contribution in [1.29, 1.82) is 0 Å². The van der Waals surface area contributed by atoms with Crippen LogP contribution in [-0.4, -0.2) is 0 Å². The van der Waals surface area contributed by atoms with E-state index < -0.39 is 5.41 Å². The number of anilines is 2. The van der Waals surface area contributed by atoms with Crippen molar-refractivity contribution in [3.05, 3.63) is 143 Å². The molecule has 0 spiro atoms. The first-order valence-corrected chi connectivity index (χ1v) is 11.7. The molecule has 0 amide bonds. The van der Waals surface area contributed by atoms with Crippen molar-refractivity contribution in [2.24, 2.45) is 0 Å². The molecular formula is C32H23NO. The van der Waals surface area contributed by atoms with Crippen LogP contribution in [0.25, 0.3) is 21.9 Å². The van der Waals surface area contributed by atoms with Gasteiger partial charge in [-0.15, -0.1) is 0 Å². The maximum atomic E-state index is 6.63. The van der Waals surface area contributed by atoms with Crippen LogP contribution in [0.1, 0.15) is 27.8 Å². The van der Waals surface area contributed by atoms with Crippen LogP contribution >= 0.6 is 0 Å². The first-order valence-electron chi connectivity index (χ1n) is 11.7. The number of nitrogens with one attached hydrogen (secondary N) is 1. The number of para-hydroxylation sites is 4. The molecule has 0 aliphatic carbocycles. The van der Waals surface area contributed by atoms with Crippen molar-refractivity contribution < 1.29 is 4.42 Å². The van der Waals surface area contributed by atoms with Gasteiger partial charge in [-0.3, -0.25) is 0 Å². The summed E-state index contributed by atoms with van der Waals surface area (Å²) < 4.78 is 6.63. The zero-order chi connectivity index (χ0) is 22.7. The van der Waals surface area contributed by atoms with E-state index in [-0.39, 0.29) is 0 Å². The smallest absolute Gasteiger partial charge is 0.140 e. The van der Waals surface area contributed by atoms with Gasteiger partial charge in [-0.25, -0.2) is 0 Å². The van der Waals surface area contributed by atoms with Crippen LogP contribution in [0, 0.1) is 6.92 Å². The Hall–Kier alpha value is -4.30. The first kappa shape index (κ1) is 19.2. The van der Waals surface area contributed by atoms with E-state index in [1.54, 1.807) is 0 Å². The summed E-state index contributed by atoms with van der Waals surface area (Å²) in [6, 6.07) is 41.0. The lowest BCUT2D eigenvalue weighted by molar-refractivity contribution is 0.643. The topological polar surface area (TPSA) is 25.2 Å². The normalized spacial score (nSPS) is 13.9. The van der Waals surface area contributed by atoms with Crippen LogP contribution in [0.5, 0.6) is 0 Å². The molecule has 162 valence electrons. The lowest BCUT2D eigenvalue weighted by Gasteiger charge is -2.43. The van der Waals surface area contributed by atoms with Gasteiger partial charge in [-0.05, 0) is 47.4 Å². The Kier molecular flexibility index (Phi) is 4.01. The molecule has 0 saturated carbocycles. The molecular weight excluding hydrogens is 414 g/mol. The Morgan fingerprint density at radius 3 is 1.82 bits per heavy atom. The van der Waals surface area contributed by atoms with Gasteiger partial charge >= 0.3 is 0 Å². The molecule has 0 radical (unpaired) electrons. The summed E-state index contributed by atoms with van der Waals surface area (Å²) in [5, 5.41) is 5.99. The van der Waals surface area contributed by atoms with Gasteiger partial charge in [0.25, 0.3) is 0 Å². The molecule has 5 aromatic carbocycles. The fraction of sp³-hybridized carbons (Fsp3) is 0.0625. The second-order valence-electron chi connectivity index (χ2n) is 9.06. The second-order valence-corrected chi connectivity index (χ2v) is 9.06. The zero-order valence-electron chi connectivity index (χ0n) is 18.9. The highest BCUT2D eigenvalue weighted by Crippen LogP contribution is 2.55.